The second-order valence-electron chi connectivity index (χ2n) is 8.18. The number of carbonyl (C=O) groups excluding carboxylic acids is 1. The van der Waals surface area contributed by atoms with Crippen LogP contribution in [0.25, 0.3) is 22.3 Å². The summed E-state index contributed by atoms with van der Waals surface area (Å²) >= 11 is 0. The predicted octanol–water partition coefficient (Wildman–Crippen LogP) is 4.00. The van der Waals surface area contributed by atoms with Crippen LogP contribution in [-0.2, 0) is 4.79 Å². The standard InChI is InChI=1S/C24H24FN5O/c1-15(2)24(31)29(3)17-10-11-30(14-17)23-22(18-12-16(13-26)8-9-19(18)25)27-20-6-4-5-7-21(20)28-23/h4-9,12,15,17H,10-11,14H2,1-3H3/t17-/m0/s1. The third-order valence-electron chi connectivity index (χ3n) is 5.75. The van der Waals surface area contributed by atoms with Gasteiger partial charge in [0.05, 0.1) is 28.7 Å². The first kappa shape index (κ1) is 20.7. The van der Waals surface area contributed by atoms with Gasteiger partial charge in [0.2, 0.25) is 5.91 Å². The zero-order valence-electron chi connectivity index (χ0n) is 17.8. The monoisotopic (exact) mass is 417 g/mol. The zero-order chi connectivity index (χ0) is 22.1. The molecule has 0 radical (unpaired) electrons. The average Bonchev–Trinajstić information content (AvgIpc) is 3.27. The first-order valence-corrected chi connectivity index (χ1v) is 10.4. The maximum Gasteiger partial charge on any atom is 0.225 e. The summed E-state index contributed by atoms with van der Waals surface area (Å²) < 4.78 is 14.8. The summed E-state index contributed by atoms with van der Waals surface area (Å²) in [6.07, 6.45) is 0.795. The maximum atomic E-state index is 14.8. The van der Waals surface area contributed by atoms with Crippen molar-refractivity contribution in [2.75, 3.05) is 25.0 Å². The number of hydrogen-bond acceptors (Lipinski definition) is 5. The number of anilines is 1. The van der Waals surface area contributed by atoms with Crippen LogP contribution in [0.2, 0.25) is 0 Å². The van der Waals surface area contributed by atoms with Gasteiger partial charge in [-0.25, -0.2) is 14.4 Å². The van der Waals surface area contributed by atoms with Gasteiger partial charge in [0, 0.05) is 31.6 Å². The normalized spacial score (nSPS) is 16.0. The van der Waals surface area contributed by atoms with Crippen molar-refractivity contribution in [3.63, 3.8) is 0 Å². The molecule has 0 saturated carbocycles. The fourth-order valence-corrected chi connectivity index (χ4v) is 4.01. The lowest BCUT2D eigenvalue weighted by Gasteiger charge is -2.27. The van der Waals surface area contributed by atoms with Crippen LogP contribution in [-0.4, -0.2) is 47.0 Å². The molecule has 6 nitrogen and oxygen atoms in total. The van der Waals surface area contributed by atoms with E-state index in [0.717, 1.165) is 6.42 Å². The van der Waals surface area contributed by atoms with Crippen molar-refractivity contribution in [3.8, 4) is 17.3 Å². The topological polar surface area (TPSA) is 73.1 Å². The van der Waals surface area contributed by atoms with Gasteiger partial charge in [0.25, 0.3) is 0 Å². The van der Waals surface area contributed by atoms with Crippen molar-refractivity contribution in [3.05, 3.63) is 53.8 Å². The Kier molecular flexibility index (Phi) is 5.55. The van der Waals surface area contributed by atoms with Gasteiger partial charge in [-0.15, -0.1) is 0 Å². The van der Waals surface area contributed by atoms with Crippen LogP contribution in [0.3, 0.4) is 0 Å². The van der Waals surface area contributed by atoms with E-state index in [-0.39, 0.29) is 23.4 Å². The van der Waals surface area contributed by atoms with E-state index in [1.165, 1.54) is 18.2 Å². The Balaban J connectivity index is 1.78. The molecule has 1 amide bonds. The van der Waals surface area contributed by atoms with E-state index in [0.29, 0.717) is 41.2 Å². The number of carbonyl (C=O) groups is 1. The largest absolute Gasteiger partial charge is 0.353 e. The van der Waals surface area contributed by atoms with E-state index < -0.39 is 5.82 Å². The highest BCUT2D eigenvalue weighted by molar-refractivity contribution is 5.84. The molecular weight excluding hydrogens is 393 g/mol. The van der Waals surface area contributed by atoms with Crippen molar-refractivity contribution in [2.24, 2.45) is 5.92 Å². The lowest BCUT2D eigenvalue weighted by molar-refractivity contribution is -0.134. The van der Waals surface area contributed by atoms with E-state index in [1.807, 2.05) is 45.2 Å². The number of hydrogen-bond donors (Lipinski definition) is 0. The molecule has 1 saturated heterocycles. The number of fused-ring (bicyclic) bond motifs is 1. The number of aromatic nitrogens is 2. The summed E-state index contributed by atoms with van der Waals surface area (Å²) in [4.78, 5) is 25.8. The highest BCUT2D eigenvalue weighted by atomic mass is 19.1. The van der Waals surface area contributed by atoms with Gasteiger partial charge in [-0.3, -0.25) is 4.79 Å². The second kappa shape index (κ2) is 8.31. The molecule has 2 heterocycles. The lowest BCUT2D eigenvalue weighted by atomic mass is 10.1. The van der Waals surface area contributed by atoms with Crippen molar-refractivity contribution in [2.45, 2.75) is 26.3 Å². The number of nitriles is 1. The SMILES string of the molecule is CC(C)C(=O)N(C)[C@H]1CCN(c2nc3ccccc3nc2-c2cc(C#N)ccc2F)C1. The van der Waals surface area contributed by atoms with Gasteiger partial charge in [-0.2, -0.15) is 5.26 Å². The number of likely N-dealkylation sites (N-methyl/N-ethyl adjacent to an activating group) is 1. The minimum atomic E-state index is -0.451. The second-order valence-corrected chi connectivity index (χ2v) is 8.18. The smallest absolute Gasteiger partial charge is 0.225 e. The fraction of sp³-hybridized carbons (Fsp3) is 0.333. The molecule has 158 valence electrons. The summed E-state index contributed by atoms with van der Waals surface area (Å²) in [6.45, 7) is 5.06. The number of nitrogens with zero attached hydrogens (tertiary/aromatic N) is 5. The number of para-hydroxylation sites is 2. The van der Waals surface area contributed by atoms with E-state index in [4.69, 9.17) is 9.97 Å². The Morgan fingerprint density at radius 2 is 1.94 bits per heavy atom. The molecule has 31 heavy (non-hydrogen) atoms. The molecule has 0 N–H and O–H groups in total. The summed E-state index contributed by atoms with van der Waals surface area (Å²) in [5.41, 5.74) is 2.40. The van der Waals surface area contributed by atoms with Gasteiger partial charge in [0.1, 0.15) is 11.5 Å². The number of benzene rings is 2. The van der Waals surface area contributed by atoms with Crippen LogP contribution >= 0.6 is 0 Å². The van der Waals surface area contributed by atoms with E-state index >= 15 is 0 Å². The molecule has 1 aliphatic heterocycles. The summed E-state index contributed by atoms with van der Waals surface area (Å²) in [5.74, 6) is 0.149. The predicted molar refractivity (Wildman–Crippen MR) is 118 cm³/mol. The first-order valence-electron chi connectivity index (χ1n) is 10.4. The molecule has 0 aliphatic carbocycles. The summed E-state index contributed by atoms with van der Waals surface area (Å²) in [7, 11) is 1.83. The first-order chi connectivity index (χ1) is 14.9. The molecule has 0 spiro atoms. The molecule has 4 rings (SSSR count). The number of rotatable bonds is 4. The maximum absolute atomic E-state index is 14.8. The van der Waals surface area contributed by atoms with Crippen molar-refractivity contribution in [1.29, 1.82) is 5.26 Å². The van der Waals surface area contributed by atoms with Crippen molar-refractivity contribution in [1.82, 2.24) is 14.9 Å². The van der Waals surface area contributed by atoms with Gasteiger partial charge in [-0.05, 0) is 36.8 Å². The Morgan fingerprint density at radius 3 is 2.61 bits per heavy atom. The third kappa shape index (κ3) is 3.93. The Hall–Kier alpha value is -3.53. The molecule has 0 unspecified atom stereocenters. The third-order valence-corrected chi connectivity index (χ3v) is 5.75. The average molecular weight is 417 g/mol. The Bertz CT molecular complexity index is 1190. The highest BCUT2D eigenvalue weighted by Gasteiger charge is 2.32. The number of amides is 1. The van der Waals surface area contributed by atoms with Crippen LogP contribution in [0, 0.1) is 23.1 Å². The van der Waals surface area contributed by atoms with Crippen LogP contribution in [0.5, 0.6) is 0 Å². The van der Waals surface area contributed by atoms with E-state index in [1.54, 1.807) is 4.90 Å². The molecule has 0 bridgehead atoms. The van der Waals surface area contributed by atoms with Gasteiger partial charge in [-0.1, -0.05) is 26.0 Å². The van der Waals surface area contributed by atoms with Gasteiger partial charge < -0.3 is 9.80 Å². The van der Waals surface area contributed by atoms with Crippen molar-refractivity contribution < 1.29 is 9.18 Å². The van der Waals surface area contributed by atoms with Gasteiger partial charge in [0.15, 0.2) is 5.82 Å². The van der Waals surface area contributed by atoms with E-state index in [2.05, 4.69) is 11.0 Å². The van der Waals surface area contributed by atoms with Crippen LogP contribution < -0.4 is 4.90 Å². The highest BCUT2D eigenvalue weighted by Crippen LogP contribution is 2.34. The Labute approximate surface area is 180 Å². The molecular formula is C24H24FN5O. The number of halogens is 1. The minimum Gasteiger partial charge on any atom is -0.353 e. The molecule has 3 aromatic rings. The molecule has 1 atom stereocenters. The van der Waals surface area contributed by atoms with Crippen LogP contribution in [0.15, 0.2) is 42.5 Å². The molecule has 7 heteroatoms. The molecule has 2 aromatic carbocycles. The quantitative estimate of drug-likeness (QED) is 0.642. The van der Waals surface area contributed by atoms with Crippen LogP contribution in [0.1, 0.15) is 25.8 Å². The van der Waals surface area contributed by atoms with Gasteiger partial charge >= 0.3 is 0 Å². The zero-order valence-corrected chi connectivity index (χ0v) is 17.8. The minimum absolute atomic E-state index is 0.0475. The fourth-order valence-electron chi connectivity index (χ4n) is 4.01. The van der Waals surface area contributed by atoms with E-state index in [9.17, 15) is 14.4 Å². The molecule has 1 aromatic heterocycles. The summed E-state index contributed by atoms with van der Waals surface area (Å²) in [5, 5.41) is 9.29. The Morgan fingerprint density at radius 1 is 1.23 bits per heavy atom. The van der Waals surface area contributed by atoms with Crippen molar-refractivity contribution >= 4 is 22.8 Å². The molecule has 1 fully saturated rings. The van der Waals surface area contributed by atoms with Crippen LogP contribution in [0.4, 0.5) is 10.2 Å². The summed E-state index contributed by atoms with van der Waals surface area (Å²) in [6, 6.07) is 13.8. The lowest BCUT2D eigenvalue weighted by Crippen LogP contribution is -2.41. The molecule has 1 aliphatic rings.